The minimum absolute atomic E-state index is 0.0825. The van der Waals surface area contributed by atoms with Gasteiger partial charge in [-0.05, 0) is 67.6 Å². The van der Waals surface area contributed by atoms with Crippen LogP contribution in [0.25, 0.3) is 10.9 Å². The maximum Gasteiger partial charge on any atom is 0.270 e. The summed E-state index contributed by atoms with van der Waals surface area (Å²) in [5.41, 5.74) is 5.23. The Hall–Kier alpha value is -3.95. The summed E-state index contributed by atoms with van der Waals surface area (Å²) < 4.78 is 5.44. The molecular formula is C33H41N7O2. The molecule has 0 saturated carbocycles. The Bertz CT molecular complexity index is 1440. The highest BCUT2D eigenvalue weighted by molar-refractivity contribution is 5.98. The predicted molar refractivity (Wildman–Crippen MR) is 167 cm³/mol. The molecule has 9 nitrogen and oxygen atoms in total. The van der Waals surface area contributed by atoms with E-state index in [1.54, 1.807) is 0 Å². The normalized spacial score (nSPS) is 20.4. The Labute approximate surface area is 247 Å². The van der Waals surface area contributed by atoms with E-state index in [-0.39, 0.29) is 11.9 Å². The summed E-state index contributed by atoms with van der Waals surface area (Å²) >= 11 is 0. The van der Waals surface area contributed by atoms with Crippen LogP contribution < -0.4 is 5.32 Å². The summed E-state index contributed by atoms with van der Waals surface area (Å²) in [6.07, 6.45) is 7.44. The first-order valence-electron chi connectivity index (χ1n) is 15.2. The van der Waals surface area contributed by atoms with E-state index in [4.69, 9.17) is 10.1 Å². The summed E-state index contributed by atoms with van der Waals surface area (Å²) in [4.78, 5) is 28.1. The smallest absolute Gasteiger partial charge is 0.270 e. The van der Waals surface area contributed by atoms with Gasteiger partial charge < -0.3 is 30.2 Å². The minimum Gasteiger partial charge on any atom is -0.477 e. The van der Waals surface area contributed by atoms with Crippen LogP contribution in [0, 0.1) is 5.41 Å². The van der Waals surface area contributed by atoms with E-state index in [1.807, 2.05) is 42.4 Å². The number of aromatic nitrogens is 1. The second-order valence-electron chi connectivity index (χ2n) is 11.5. The fourth-order valence-electron chi connectivity index (χ4n) is 6.25. The van der Waals surface area contributed by atoms with Crippen molar-refractivity contribution in [2.75, 3.05) is 52.4 Å². The number of piperazine rings is 1. The van der Waals surface area contributed by atoms with E-state index in [0.717, 1.165) is 81.7 Å². The molecule has 2 fully saturated rings. The number of piperidine rings is 1. The van der Waals surface area contributed by atoms with Crippen LogP contribution in [0.4, 0.5) is 0 Å². The molecule has 6 rings (SSSR count). The molecule has 2 aromatic carbocycles. The number of carbonyl (C=O) groups is 1. The van der Waals surface area contributed by atoms with Crippen LogP contribution in [0.15, 0.2) is 65.6 Å². The van der Waals surface area contributed by atoms with Gasteiger partial charge in [0.1, 0.15) is 5.69 Å². The lowest BCUT2D eigenvalue weighted by Gasteiger charge is -2.34. The second-order valence-corrected chi connectivity index (χ2v) is 11.5. The van der Waals surface area contributed by atoms with Crippen LogP contribution in [-0.4, -0.2) is 96.5 Å². The van der Waals surface area contributed by atoms with E-state index in [9.17, 15) is 4.79 Å². The lowest BCUT2D eigenvalue weighted by atomic mass is 9.89. The molecule has 3 N–H and O–H groups in total. The van der Waals surface area contributed by atoms with Crippen LogP contribution in [0.2, 0.25) is 0 Å². The summed E-state index contributed by atoms with van der Waals surface area (Å²) in [5.74, 6) is 1.26. The second kappa shape index (κ2) is 12.9. The first kappa shape index (κ1) is 28.2. The molecule has 1 aromatic heterocycles. The van der Waals surface area contributed by atoms with Crippen LogP contribution in [-0.2, 0) is 11.3 Å². The number of H-pyrrole nitrogens is 1. The number of likely N-dealkylation sites (tertiary alicyclic amines) is 1. The number of fused-ring (bicyclic) bond motifs is 1. The van der Waals surface area contributed by atoms with Crippen molar-refractivity contribution in [2.45, 2.75) is 38.3 Å². The quantitative estimate of drug-likeness (QED) is 0.337. The highest BCUT2D eigenvalue weighted by Gasteiger charge is 2.25. The molecular weight excluding hydrogens is 526 g/mol. The fraction of sp³-hybridized carbons (Fsp3) is 0.424. The lowest BCUT2D eigenvalue weighted by molar-refractivity contribution is 0.0623. The van der Waals surface area contributed by atoms with Gasteiger partial charge in [-0.1, -0.05) is 36.4 Å². The number of aromatic amines is 1. The minimum atomic E-state index is 0.0825. The number of hydrogen-bond donors (Lipinski definition) is 3. The topological polar surface area (TPSA) is 100 Å². The Kier molecular flexibility index (Phi) is 8.67. The number of aliphatic imine (C=N–C) groups is 1. The maximum atomic E-state index is 13.4. The van der Waals surface area contributed by atoms with Gasteiger partial charge in [0.05, 0.1) is 18.8 Å². The average molecular weight is 568 g/mol. The van der Waals surface area contributed by atoms with Crippen molar-refractivity contribution < 1.29 is 9.53 Å². The van der Waals surface area contributed by atoms with Crippen LogP contribution in [0.1, 0.15) is 52.9 Å². The van der Waals surface area contributed by atoms with Gasteiger partial charge in [-0.15, -0.1) is 0 Å². The molecule has 220 valence electrons. The van der Waals surface area contributed by atoms with Gasteiger partial charge in [0.15, 0.2) is 0 Å². The monoisotopic (exact) mass is 567 g/mol. The zero-order chi connectivity index (χ0) is 28.9. The Morgan fingerprint density at radius 3 is 2.50 bits per heavy atom. The number of carbonyl (C=O) groups excluding carboxylic acids is 1. The van der Waals surface area contributed by atoms with E-state index in [1.165, 1.54) is 17.3 Å². The van der Waals surface area contributed by atoms with Gasteiger partial charge >= 0.3 is 0 Å². The molecule has 1 amide bonds. The van der Waals surface area contributed by atoms with E-state index >= 15 is 0 Å². The summed E-state index contributed by atoms with van der Waals surface area (Å²) in [7, 11) is 0. The SMILES string of the molecule is CCOC1=CNC(CN2CCC(c3ccc4cc(C(=O)N5CCN(Cc6ccc(C=N)cc6)CC5)[nH]c4c3)CC2)C=N1. The number of ether oxygens (including phenoxy) is 1. The average Bonchev–Trinajstić information content (AvgIpc) is 3.47. The van der Waals surface area contributed by atoms with Gasteiger partial charge in [-0.3, -0.25) is 9.69 Å². The Morgan fingerprint density at radius 2 is 1.81 bits per heavy atom. The number of benzene rings is 2. The lowest BCUT2D eigenvalue weighted by Crippen LogP contribution is -2.48. The molecule has 3 aliphatic rings. The third-order valence-corrected chi connectivity index (χ3v) is 8.70. The number of hydrogen-bond acceptors (Lipinski definition) is 7. The van der Waals surface area contributed by atoms with Gasteiger partial charge in [-0.25, -0.2) is 4.99 Å². The first-order chi connectivity index (χ1) is 20.6. The van der Waals surface area contributed by atoms with E-state index in [0.29, 0.717) is 24.1 Å². The molecule has 4 heterocycles. The third-order valence-electron chi connectivity index (χ3n) is 8.70. The van der Waals surface area contributed by atoms with Crippen LogP contribution in [0.5, 0.6) is 0 Å². The molecule has 0 spiro atoms. The molecule has 1 unspecified atom stereocenters. The molecule has 0 bridgehead atoms. The van der Waals surface area contributed by atoms with Gasteiger partial charge in [0, 0.05) is 62.6 Å². The number of rotatable bonds is 9. The molecule has 9 heteroatoms. The molecule has 3 aromatic rings. The van der Waals surface area contributed by atoms with E-state index in [2.05, 4.69) is 55.4 Å². The molecule has 1 atom stereocenters. The fourth-order valence-corrected chi connectivity index (χ4v) is 6.25. The maximum absolute atomic E-state index is 13.4. The highest BCUT2D eigenvalue weighted by atomic mass is 16.5. The number of amides is 1. The number of nitrogens with zero attached hydrogens (tertiary/aromatic N) is 4. The summed E-state index contributed by atoms with van der Waals surface area (Å²) in [6.45, 7) is 9.69. The van der Waals surface area contributed by atoms with Crippen LogP contribution in [0.3, 0.4) is 0 Å². The highest BCUT2D eigenvalue weighted by Crippen LogP contribution is 2.30. The molecule has 3 aliphatic heterocycles. The molecule has 0 radical (unpaired) electrons. The number of nitrogens with one attached hydrogen (secondary N) is 3. The third kappa shape index (κ3) is 6.58. The van der Waals surface area contributed by atoms with Crippen molar-refractivity contribution in [3.8, 4) is 0 Å². The zero-order valence-corrected chi connectivity index (χ0v) is 24.4. The zero-order valence-electron chi connectivity index (χ0n) is 24.4. The van der Waals surface area contributed by atoms with Gasteiger partial charge in [0.2, 0.25) is 5.88 Å². The van der Waals surface area contributed by atoms with Crippen molar-refractivity contribution >= 4 is 29.2 Å². The van der Waals surface area contributed by atoms with Gasteiger partial charge in [0.25, 0.3) is 5.91 Å². The summed E-state index contributed by atoms with van der Waals surface area (Å²) in [5, 5.41) is 11.8. The molecule has 0 aliphatic carbocycles. The predicted octanol–water partition coefficient (Wildman–Crippen LogP) is 4.18. The first-order valence-corrected chi connectivity index (χ1v) is 15.2. The van der Waals surface area contributed by atoms with Crippen molar-refractivity contribution in [2.24, 2.45) is 4.99 Å². The van der Waals surface area contributed by atoms with Crippen molar-refractivity contribution in [1.29, 1.82) is 5.41 Å². The summed E-state index contributed by atoms with van der Waals surface area (Å²) in [6, 6.07) is 17.0. The van der Waals surface area contributed by atoms with Crippen molar-refractivity contribution in [3.05, 3.63) is 83.0 Å². The van der Waals surface area contributed by atoms with Crippen molar-refractivity contribution in [3.63, 3.8) is 0 Å². The molecule has 42 heavy (non-hydrogen) atoms. The van der Waals surface area contributed by atoms with Crippen LogP contribution >= 0.6 is 0 Å². The molecule has 2 saturated heterocycles. The van der Waals surface area contributed by atoms with Crippen molar-refractivity contribution in [1.82, 2.24) is 25.0 Å². The van der Waals surface area contributed by atoms with E-state index < -0.39 is 0 Å². The van der Waals surface area contributed by atoms with Gasteiger partial charge in [-0.2, -0.15) is 0 Å². The Morgan fingerprint density at radius 1 is 1.02 bits per heavy atom. The largest absolute Gasteiger partial charge is 0.477 e. The standard InChI is InChI=1S/C33H41N7O2/c1-2-42-32-21-35-29(20-36-32)23-38-11-9-26(10-12-38)27-7-8-28-18-31(37-30(28)17-27)33(41)40-15-13-39(14-16-40)22-25-5-3-24(19-34)4-6-25/h3-8,17-21,26,29,34-35,37H,2,9-16,22-23H2,1H3. The Balaban J connectivity index is 0.996.